The van der Waals surface area contributed by atoms with Crippen molar-refractivity contribution in [3.63, 3.8) is 0 Å². The van der Waals surface area contributed by atoms with Gasteiger partial charge in [0.15, 0.2) is 11.4 Å². The van der Waals surface area contributed by atoms with Gasteiger partial charge in [-0.2, -0.15) is 9.97 Å². The van der Waals surface area contributed by atoms with Gasteiger partial charge in [-0.3, -0.25) is 9.97 Å². The normalized spacial score (nSPS) is 11.0. The van der Waals surface area contributed by atoms with E-state index in [1.54, 1.807) is 32.5 Å². The van der Waals surface area contributed by atoms with Crippen LogP contribution in [0.15, 0.2) is 23.5 Å². The number of pyridine rings is 2. The van der Waals surface area contributed by atoms with Gasteiger partial charge >= 0.3 is 56.5 Å². The Bertz CT molecular complexity index is 893. The Kier molecular flexibility index (Phi) is 11.0. The van der Waals surface area contributed by atoms with Crippen molar-refractivity contribution in [3.05, 3.63) is 35.2 Å². The predicted octanol–water partition coefficient (Wildman–Crippen LogP) is -0.00316. The maximum atomic E-state index is 12.7. The molecule has 9 nitrogen and oxygen atoms in total. The summed E-state index contributed by atoms with van der Waals surface area (Å²) in [7, 11) is 3.16. The average Bonchev–Trinajstić information content (AvgIpc) is 3.01. The van der Waals surface area contributed by atoms with E-state index in [1.807, 2.05) is 13.8 Å². The summed E-state index contributed by atoms with van der Waals surface area (Å²) in [6.45, 7) is 3.84. The molecular formula is C16H23KN4O5S. The molecule has 0 aliphatic carbocycles. The standard InChI is InChI=1S/C16H18N4O3S.K.2H2O.H/c1-9-7-17-12(10(2)14(9)23-4)8-24(21)16-18-11-5-6-13(22-3)19-15(11)20-16;;;;/h5-7H,8H2,1-4H3,(H,18,19,20);;2*1H2;. The van der Waals surface area contributed by atoms with E-state index >= 15 is 0 Å². The second kappa shape index (κ2) is 11.3. The third kappa shape index (κ3) is 5.62. The average molecular weight is 423 g/mol. The zero-order chi connectivity index (χ0) is 17.3. The number of ether oxygens (including phenoxy) is 2. The van der Waals surface area contributed by atoms with E-state index in [0.717, 1.165) is 22.6 Å². The Morgan fingerprint density at radius 1 is 1.11 bits per heavy atom. The summed E-state index contributed by atoms with van der Waals surface area (Å²) in [6.07, 6.45) is 1.73. The van der Waals surface area contributed by atoms with Gasteiger partial charge in [-0.25, -0.2) is 0 Å². The predicted molar refractivity (Wildman–Crippen MR) is 105 cm³/mol. The van der Waals surface area contributed by atoms with Gasteiger partial charge in [0.2, 0.25) is 5.88 Å². The molecule has 0 saturated carbocycles. The molecule has 0 spiro atoms. The van der Waals surface area contributed by atoms with Crippen LogP contribution in [0.1, 0.15) is 16.8 Å². The van der Waals surface area contributed by atoms with Gasteiger partial charge in [0.25, 0.3) is 0 Å². The van der Waals surface area contributed by atoms with E-state index in [0.29, 0.717) is 22.2 Å². The van der Waals surface area contributed by atoms with E-state index in [9.17, 15) is 4.55 Å². The Balaban J connectivity index is 0.00000225. The number of imidazole rings is 1. The molecule has 27 heavy (non-hydrogen) atoms. The summed E-state index contributed by atoms with van der Waals surface area (Å²) in [6, 6.07) is 3.52. The zero-order valence-corrected chi connectivity index (χ0v) is 15.7. The number of hydrogen-bond acceptors (Lipinski definition) is 6. The van der Waals surface area contributed by atoms with Gasteiger partial charge in [-0.1, -0.05) is 0 Å². The van der Waals surface area contributed by atoms with Crippen LogP contribution in [0.2, 0.25) is 0 Å². The van der Waals surface area contributed by atoms with Crippen LogP contribution in [0, 0.1) is 13.8 Å². The Labute approximate surface area is 202 Å². The first kappa shape index (κ1) is 26.2. The van der Waals surface area contributed by atoms with Crippen molar-refractivity contribution in [2.75, 3.05) is 14.2 Å². The minimum absolute atomic E-state index is 0. The fourth-order valence-corrected chi connectivity index (χ4v) is 3.57. The summed E-state index contributed by atoms with van der Waals surface area (Å²) in [5.74, 6) is 1.49. The topological polar surface area (TPSA) is 159 Å². The maximum absolute atomic E-state index is 12.7. The molecule has 11 heteroatoms. The van der Waals surface area contributed by atoms with Gasteiger partial charge in [0.05, 0.1) is 25.4 Å². The van der Waals surface area contributed by atoms with Crippen LogP contribution < -0.4 is 9.47 Å². The first-order valence-corrected chi connectivity index (χ1v) is 8.63. The summed E-state index contributed by atoms with van der Waals surface area (Å²) >= 11 is -1.37. The number of fused-ring (bicyclic) bond motifs is 1. The quantitative estimate of drug-likeness (QED) is 0.450. The Morgan fingerprint density at radius 3 is 2.44 bits per heavy atom. The van der Waals surface area contributed by atoms with Crippen molar-refractivity contribution in [3.8, 4) is 11.6 Å². The number of nitrogens with zero attached hydrogens (tertiary/aromatic N) is 3. The fourth-order valence-electron chi connectivity index (χ4n) is 2.48. The van der Waals surface area contributed by atoms with Crippen LogP contribution in [-0.4, -0.2) is 101 Å². The van der Waals surface area contributed by atoms with Gasteiger partial charge in [0.1, 0.15) is 5.75 Å². The van der Waals surface area contributed by atoms with Crippen LogP contribution in [0.3, 0.4) is 0 Å². The first-order valence-electron chi connectivity index (χ1n) is 7.31. The van der Waals surface area contributed by atoms with Crippen LogP contribution in [-0.2, 0) is 16.9 Å². The van der Waals surface area contributed by atoms with Crippen molar-refractivity contribution in [1.29, 1.82) is 0 Å². The van der Waals surface area contributed by atoms with Crippen molar-refractivity contribution in [1.82, 2.24) is 19.9 Å². The molecule has 144 valence electrons. The molecule has 3 heterocycles. The molecule has 0 saturated heterocycles. The number of hydrogen-bond donors (Lipinski definition) is 1. The molecule has 1 atom stereocenters. The summed E-state index contributed by atoms with van der Waals surface area (Å²) in [4.78, 5) is 15.9. The summed E-state index contributed by atoms with van der Waals surface area (Å²) in [5.41, 5.74) is 3.75. The van der Waals surface area contributed by atoms with Crippen LogP contribution >= 0.6 is 0 Å². The molecule has 0 radical (unpaired) electrons. The molecule has 0 aromatic carbocycles. The Hall–Kier alpha value is -0.764. The number of aromatic amines is 1. The number of methoxy groups -OCH3 is 2. The van der Waals surface area contributed by atoms with Crippen LogP contribution in [0.25, 0.3) is 11.2 Å². The van der Waals surface area contributed by atoms with E-state index in [-0.39, 0.29) is 68.1 Å². The number of aryl methyl sites for hydroxylation is 1. The molecule has 0 fully saturated rings. The van der Waals surface area contributed by atoms with Gasteiger partial charge < -0.3 is 25.0 Å². The fraction of sp³-hybridized carbons (Fsp3) is 0.312. The Morgan fingerprint density at radius 2 is 1.81 bits per heavy atom. The SMILES string of the molecule is COc1ccc2[nH]c([S+]([O-])Cc3ncc(C)c(OC)c3C)nc2n1.O.O.[KH]. The molecule has 3 aromatic heterocycles. The number of H-pyrrole nitrogens is 1. The first-order chi connectivity index (χ1) is 11.5. The van der Waals surface area contributed by atoms with E-state index < -0.39 is 11.2 Å². The van der Waals surface area contributed by atoms with Crippen molar-refractivity contribution < 1.29 is 25.0 Å². The molecule has 3 aromatic rings. The molecule has 0 amide bonds. The molecule has 3 rings (SSSR count). The molecule has 1 unspecified atom stereocenters. The van der Waals surface area contributed by atoms with Crippen molar-refractivity contribution >= 4 is 73.7 Å². The molecule has 5 N–H and O–H groups in total. The van der Waals surface area contributed by atoms with Crippen molar-refractivity contribution in [2.45, 2.75) is 24.8 Å². The van der Waals surface area contributed by atoms with E-state index in [2.05, 4.69) is 19.9 Å². The molecular weight excluding hydrogens is 399 g/mol. The van der Waals surface area contributed by atoms with E-state index in [1.165, 1.54) is 0 Å². The van der Waals surface area contributed by atoms with Gasteiger partial charge in [-0.05, 0) is 19.9 Å². The third-order valence-electron chi connectivity index (χ3n) is 3.74. The van der Waals surface area contributed by atoms with Gasteiger partial charge in [-0.15, -0.1) is 0 Å². The molecule has 0 aliphatic heterocycles. The molecule has 0 bridgehead atoms. The van der Waals surface area contributed by atoms with Crippen LogP contribution in [0.4, 0.5) is 0 Å². The number of nitrogens with one attached hydrogen (secondary N) is 1. The number of aromatic nitrogens is 4. The monoisotopic (exact) mass is 422 g/mol. The summed E-state index contributed by atoms with van der Waals surface area (Å²) < 4.78 is 23.1. The van der Waals surface area contributed by atoms with Crippen molar-refractivity contribution in [2.24, 2.45) is 0 Å². The molecule has 0 aliphatic rings. The second-order valence-electron chi connectivity index (χ2n) is 5.30. The third-order valence-corrected chi connectivity index (χ3v) is 4.90. The second-order valence-corrected chi connectivity index (χ2v) is 6.67. The van der Waals surface area contributed by atoms with Crippen LogP contribution in [0.5, 0.6) is 11.6 Å². The zero-order valence-electron chi connectivity index (χ0n) is 14.9. The van der Waals surface area contributed by atoms with E-state index in [4.69, 9.17) is 9.47 Å². The summed E-state index contributed by atoms with van der Waals surface area (Å²) in [5, 5.41) is 0.367. The number of rotatable bonds is 5. The van der Waals surface area contributed by atoms with Gasteiger partial charge in [0, 0.05) is 34.6 Å². The minimum atomic E-state index is -1.37.